The first-order valence-electron chi connectivity index (χ1n) is 10.3. The van der Waals surface area contributed by atoms with Crippen molar-refractivity contribution in [1.29, 1.82) is 0 Å². The van der Waals surface area contributed by atoms with Gasteiger partial charge in [-0.3, -0.25) is 4.79 Å². The summed E-state index contributed by atoms with van der Waals surface area (Å²) in [5, 5.41) is 0. The second kappa shape index (κ2) is 9.49. The Kier molecular flexibility index (Phi) is 6.53. The van der Waals surface area contributed by atoms with Crippen molar-refractivity contribution < 1.29 is 22.4 Å². The van der Waals surface area contributed by atoms with Gasteiger partial charge in [0.05, 0.1) is 17.6 Å². The van der Waals surface area contributed by atoms with Crippen molar-refractivity contribution >= 4 is 15.7 Å². The minimum atomic E-state index is -3.52. The normalized spacial score (nSPS) is 15.2. The molecule has 162 valence electrons. The van der Waals surface area contributed by atoms with E-state index in [2.05, 4.69) is 0 Å². The molecule has 1 amide bonds. The Hall–Kier alpha value is -2.90. The van der Waals surface area contributed by atoms with Gasteiger partial charge in [-0.05, 0) is 42.7 Å². The van der Waals surface area contributed by atoms with Crippen LogP contribution in [0.1, 0.15) is 34.7 Å². The largest absolute Gasteiger partial charge is 0.455 e. The molecule has 1 aromatic heterocycles. The molecular formula is C24H25NO5S. The van der Waals surface area contributed by atoms with Gasteiger partial charge in [0.2, 0.25) is 0 Å². The molecule has 2 aromatic carbocycles. The summed E-state index contributed by atoms with van der Waals surface area (Å²) in [5.74, 6) is -0.0697. The van der Waals surface area contributed by atoms with E-state index in [0.717, 1.165) is 18.4 Å². The van der Waals surface area contributed by atoms with Gasteiger partial charge in [-0.2, -0.15) is 0 Å². The van der Waals surface area contributed by atoms with E-state index >= 15 is 0 Å². The Morgan fingerprint density at radius 3 is 2.26 bits per heavy atom. The van der Waals surface area contributed by atoms with Crippen molar-refractivity contribution in [2.45, 2.75) is 36.2 Å². The SMILES string of the molecule is O=C(c1ccc(CS(=O)(=O)c2ccccc2)o1)N1CCC(OCc2ccccc2)CC1. The number of likely N-dealkylation sites (tertiary alicyclic amines) is 1. The van der Waals surface area contributed by atoms with E-state index in [1.165, 1.54) is 0 Å². The van der Waals surface area contributed by atoms with Crippen molar-refractivity contribution in [2.75, 3.05) is 13.1 Å². The maximum absolute atomic E-state index is 12.8. The Labute approximate surface area is 182 Å². The minimum Gasteiger partial charge on any atom is -0.455 e. The van der Waals surface area contributed by atoms with Crippen LogP contribution in [0.4, 0.5) is 0 Å². The molecule has 1 saturated heterocycles. The molecule has 4 rings (SSSR count). The molecule has 1 fully saturated rings. The molecule has 31 heavy (non-hydrogen) atoms. The van der Waals surface area contributed by atoms with Gasteiger partial charge in [-0.15, -0.1) is 0 Å². The van der Waals surface area contributed by atoms with Gasteiger partial charge in [0.25, 0.3) is 5.91 Å². The lowest BCUT2D eigenvalue weighted by molar-refractivity contribution is -0.00107. The number of sulfone groups is 1. The number of rotatable bonds is 7. The Morgan fingerprint density at radius 2 is 1.58 bits per heavy atom. The highest BCUT2D eigenvalue weighted by Crippen LogP contribution is 2.21. The number of carbonyl (C=O) groups is 1. The lowest BCUT2D eigenvalue weighted by atomic mass is 10.1. The molecule has 0 bridgehead atoms. The van der Waals surface area contributed by atoms with E-state index in [1.807, 2.05) is 30.3 Å². The molecule has 1 aliphatic heterocycles. The van der Waals surface area contributed by atoms with Crippen LogP contribution in [0, 0.1) is 0 Å². The zero-order chi connectivity index (χ0) is 21.7. The second-order valence-corrected chi connectivity index (χ2v) is 9.62. The van der Waals surface area contributed by atoms with Crippen molar-refractivity contribution in [1.82, 2.24) is 4.90 Å². The predicted molar refractivity (Wildman–Crippen MR) is 116 cm³/mol. The summed E-state index contributed by atoms with van der Waals surface area (Å²) in [6.45, 7) is 1.73. The quantitative estimate of drug-likeness (QED) is 0.555. The molecule has 0 N–H and O–H groups in total. The average molecular weight is 440 g/mol. The molecule has 0 saturated carbocycles. The van der Waals surface area contributed by atoms with Gasteiger partial charge in [-0.1, -0.05) is 48.5 Å². The highest BCUT2D eigenvalue weighted by Gasteiger charge is 2.26. The van der Waals surface area contributed by atoms with E-state index in [1.54, 1.807) is 47.4 Å². The number of benzene rings is 2. The van der Waals surface area contributed by atoms with Gasteiger partial charge in [-0.25, -0.2) is 8.42 Å². The number of piperidine rings is 1. The fraction of sp³-hybridized carbons (Fsp3) is 0.292. The standard InChI is InChI=1S/C24H25NO5S/c26-24(25-15-13-20(14-16-25)29-17-19-7-3-1-4-8-19)23-12-11-21(30-23)18-31(27,28)22-9-5-2-6-10-22/h1-12,20H,13-18H2. The minimum absolute atomic E-state index is 0.118. The topological polar surface area (TPSA) is 76.8 Å². The molecular weight excluding hydrogens is 414 g/mol. The smallest absolute Gasteiger partial charge is 0.289 e. The molecule has 6 nitrogen and oxygen atoms in total. The van der Waals surface area contributed by atoms with Crippen LogP contribution < -0.4 is 0 Å². The molecule has 0 aliphatic carbocycles. The fourth-order valence-corrected chi connectivity index (χ4v) is 4.91. The van der Waals surface area contributed by atoms with E-state index in [4.69, 9.17) is 9.15 Å². The Bertz CT molecular complexity index is 1100. The van der Waals surface area contributed by atoms with Crippen molar-refractivity contribution in [2.24, 2.45) is 0 Å². The molecule has 7 heteroatoms. The molecule has 1 aliphatic rings. The van der Waals surface area contributed by atoms with E-state index in [9.17, 15) is 13.2 Å². The molecule has 0 spiro atoms. The monoisotopic (exact) mass is 439 g/mol. The molecule has 2 heterocycles. The van der Waals surface area contributed by atoms with Gasteiger partial charge in [0.15, 0.2) is 15.6 Å². The average Bonchev–Trinajstić information content (AvgIpc) is 3.26. The van der Waals surface area contributed by atoms with E-state index < -0.39 is 9.84 Å². The lowest BCUT2D eigenvalue weighted by Gasteiger charge is -2.31. The highest BCUT2D eigenvalue weighted by molar-refractivity contribution is 7.90. The summed E-state index contributed by atoms with van der Waals surface area (Å²) in [5.41, 5.74) is 1.13. The second-order valence-electron chi connectivity index (χ2n) is 7.63. The zero-order valence-electron chi connectivity index (χ0n) is 17.1. The fourth-order valence-electron chi connectivity index (χ4n) is 3.64. The van der Waals surface area contributed by atoms with Gasteiger partial charge >= 0.3 is 0 Å². The highest BCUT2D eigenvalue weighted by atomic mass is 32.2. The third kappa shape index (κ3) is 5.42. The van der Waals surface area contributed by atoms with E-state index in [0.29, 0.717) is 19.7 Å². The molecule has 3 aromatic rings. The van der Waals surface area contributed by atoms with Gasteiger partial charge < -0.3 is 14.1 Å². The maximum Gasteiger partial charge on any atom is 0.289 e. The first kappa shape index (κ1) is 21.3. The van der Waals surface area contributed by atoms with E-state index in [-0.39, 0.29) is 34.2 Å². The Morgan fingerprint density at radius 1 is 0.935 bits per heavy atom. The first-order valence-corrected chi connectivity index (χ1v) is 12.0. The third-order valence-corrected chi connectivity index (χ3v) is 7.02. The van der Waals surface area contributed by atoms with Crippen LogP contribution in [0.25, 0.3) is 0 Å². The van der Waals surface area contributed by atoms with Gasteiger partial charge in [0.1, 0.15) is 11.5 Å². The summed E-state index contributed by atoms with van der Waals surface area (Å²) < 4.78 is 36.6. The van der Waals surface area contributed by atoms with Crippen LogP contribution >= 0.6 is 0 Å². The molecule has 0 atom stereocenters. The third-order valence-electron chi connectivity index (χ3n) is 5.36. The number of hydrogen-bond donors (Lipinski definition) is 0. The number of furan rings is 1. The lowest BCUT2D eigenvalue weighted by Crippen LogP contribution is -2.40. The first-order chi connectivity index (χ1) is 15.0. The van der Waals surface area contributed by atoms with Crippen LogP contribution in [0.2, 0.25) is 0 Å². The number of carbonyl (C=O) groups excluding carboxylic acids is 1. The summed E-state index contributed by atoms with van der Waals surface area (Å²) >= 11 is 0. The van der Waals surface area contributed by atoms with Crippen LogP contribution in [-0.4, -0.2) is 38.4 Å². The van der Waals surface area contributed by atoms with Gasteiger partial charge in [0, 0.05) is 13.1 Å². The van der Waals surface area contributed by atoms with Crippen LogP contribution in [-0.2, 0) is 26.9 Å². The van der Waals surface area contributed by atoms with Crippen LogP contribution in [0.3, 0.4) is 0 Å². The maximum atomic E-state index is 12.8. The van der Waals surface area contributed by atoms with Crippen LogP contribution in [0.15, 0.2) is 82.1 Å². The van der Waals surface area contributed by atoms with Crippen LogP contribution in [0.5, 0.6) is 0 Å². The van der Waals surface area contributed by atoms with Crippen molar-refractivity contribution in [3.8, 4) is 0 Å². The summed E-state index contributed by atoms with van der Waals surface area (Å²) in [4.78, 5) is 14.7. The summed E-state index contributed by atoms with van der Waals surface area (Å²) in [6, 6.07) is 21.3. The number of nitrogens with zero attached hydrogens (tertiary/aromatic N) is 1. The number of hydrogen-bond acceptors (Lipinski definition) is 5. The predicted octanol–water partition coefficient (Wildman–Crippen LogP) is 4.07. The zero-order valence-corrected chi connectivity index (χ0v) is 18.0. The van der Waals surface area contributed by atoms with Crippen molar-refractivity contribution in [3.05, 3.63) is 89.9 Å². The van der Waals surface area contributed by atoms with Crippen molar-refractivity contribution in [3.63, 3.8) is 0 Å². The molecule has 0 unspecified atom stereocenters. The number of ether oxygens (including phenoxy) is 1. The Balaban J connectivity index is 1.30. The molecule has 0 radical (unpaired) electrons. The summed E-state index contributed by atoms with van der Waals surface area (Å²) in [7, 11) is -3.52. The number of amides is 1. The summed E-state index contributed by atoms with van der Waals surface area (Å²) in [6.07, 6.45) is 1.63.